The van der Waals surface area contributed by atoms with Crippen molar-refractivity contribution in [1.29, 1.82) is 0 Å². The summed E-state index contributed by atoms with van der Waals surface area (Å²) in [7, 11) is 0. The van der Waals surface area contributed by atoms with E-state index in [1.807, 2.05) is 0 Å². The first-order valence-corrected chi connectivity index (χ1v) is 4.13. The molecule has 0 aromatic carbocycles. The topological polar surface area (TPSA) is 12.9 Å². The highest BCUT2D eigenvalue weighted by Crippen LogP contribution is 2.36. The number of aromatic nitrogens is 1. The number of alkyl halides is 5. The van der Waals surface area contributed by atoms with Crippen LogP contribution in [0, 0.1) is 6.92 Å². The maximum Gasteiger partial charge on any atom is 0.433 e. The Bertz CT molecular complexity index is 374. The van der Waals surface area contributed by atoms with Gasteiger partial charge in [-0.2, -0.15) is 13.2 Å². The summed E-state index contributed by atoms with van der Waals surface area (Å²) >= 11 is 5.38. The van der Waals surface area contributed by atoms with Crippen molar-refractivity contribution in [3.05, 3.63) is 28.0 Å². The van der Waals surface area contributed by atoms with Gasteiger partial charge in [0.1, 0.15) is 5.69 Å². The maximum absolute atomic E-state index is 12.3. The van der Waals surface area contributed by atoms with Crippen molar-refractivity contribution in [3.63, 3.8) is 0 Å². The molecule has 1 rings (SSSR count). The standard InChI is InChI=1S/C8H5ClF5N/c1-3-5(9)4(7(10)11)2-15-6(3)8(12,13)14/h2,7H,1H3. The molecular formula is C8H5ClF5N. The minimum absolute atomic E-state index is 0.447. The maximum atomic E-state index is 12.3. The van der Waals surface area contributed by atoms with E-state index in [1.54, 1.807) is 0 Å². The molecule has 0 amide bonds. The van der Waals surface area contributed by atoms with E-state index in [2.05, 4.69) is 4.98 Å². The van der Waals surface area contributed by atoms with Crippen LogP contribution < -0.4 is 0 Å². The number of hydrogen-bond donors (Lipinski definition) is 0. The van der Waals surface area contributed by atoms with Gasteiger partial charge in [-0.3, -0.25) is 4.98 Å². The average molecular weight is 246 g/mol. The minimum atomic E-state index is -4.69. The summed E-state index contributed by atoms with van der Waals surface area (Å²) in [5.74, 6) is 0. The third-order valence-electron chi connectivity index (χ3n) is 1.77. The Morgan fingerprint density at radius 1 is 1.33 bits per heavy atom. The number of rotatable bonds is 1. The molecule has 15 heavy (non-hydrogen) atoms. The van der Waals surface area contributed by atoms with Crippen LogP contribution in [0.3, 0.4) is 0 Å². The van der Waals surface area contributed by atoms with Crippen molar-refractivity contribution in [2.45, 2.75) is 19.5 Å². The predicted octanol–water partition coefficient (Wildman–Crippen LogP) is 4.00. The molecule has 0 aliphatic carbocycles. The van der Waals surface area contributed by atoms with Crippen LogP contribution in [0.2, 0.25) is 5.02 Å². The lowest BCUT2D eigenvalue weighted by molar-refractivity contribution is -0.141. The molecule has 0 radical (unpaired) electrons. The van der Waals surface area contributed by atoms with Gasteiger partial charge in [0.2, 0.25) is 0 Å². The molecule has 1 nitrogen and oxygen atoms in total. The highest BCUT2D eigenvalue weighted by atomic mass is 35.5. The van der Waals surface area contributed by atoms with Gasteiger partial charge in [-0.25, -0.2) is 8.78 Å². The summed E-state index contributed by atoms with van der Waals surface area (Å²) in [5.41, 5.74) is -2.42. The fourth-order valence-electron chi connectivity index (χ4n) is 1.05. The lowest BCUT2D eigenvalue weighted by Crippen LogP contribution is -2.11. The third-order valence-corrected chi connectivity index (χ3v) is 2.28. The normalized spacial score (nSPS) is 12.3. The molecule has 0 bridgehead atoms. The van der Waals surface area contributed by atoms with Crippen LogP contribution in [0.5, 0.6) is 0 Å². The molecule has 0 saturated heterocycles. The Balaban J connectivity index is 3.34. The summed E-state index contributed by atoms with van der Waals surface area (Å²) in [6.07, 6.45) is -7.18. The lowest BCUT2D eigenvalue weighted by atomic mass is 10.1. The molecule has 0 aliphatic rings. The fraction of sp³-hybridized carbons (Fsp3) is 0.375. The average Bonchev–Trinajstić information content (AvgIpc) is 2.06. The van der Waals surface area contributed by atoms with E-state index in [4.69, 9.17) is 11.6 Å². The lowest BCUT2D eigenvalue weighted by Gasteiger charge is -2.12. The molecule has 1 aromatic heterocycles. The van der Waals surface area contributed by atoms with E-state index in [0.29, 0.717) is 6.20 Å². The third kappa shape index (κ3) is 2.37. The largest absolute Gasteiger partial charge is 0.433 e. The zero-order valence-electron chi connectivity index (χ0n) is 7.37. The highest BCUT2D eigenvalue weighted by molar-refractivity contribution is 6.32. The molecule has 0 N–H and O–H groups in total. The van der Waals surface area contributed by atoms with E-state index < -0.39 is 34.4 Å². The van der Waals surface area contributed by atoms with Crippen molar-refractivity contribution in [1.82, 2.24) is 4.98 Å². The summed E-state index contributed by atoms with van der Waals surface area (Å²) in [5, 5.41) is -0.590. The summed E-state index contributed by atoms with van der Waals surface area (Å²) < 4.78 is 61.2. The molecule has 0 fully saturated rings. The van der Waals surface area contributed by atoms with Gasteiger partial charge in [-0.05, 0) is 12.5 Å². The van der Waals surface area contributed by atoms with E-state index in [9.17, 15) is 22.0 Å². The molecule has 7 heteroatoms. The van der Waals surface area contributed by atoms with Crippen LogP contribution in [-0.4, -0.2) is 4.98 Å². The van der Waals surface area contributed by atoms with Crippen molar-refractivity contribution in [2.24, 2.45) is 0 Å². The van der Waals surface area contributed by atoms with Gasteiger partial charge in [0, 0.05) is 6.20 Å². The Hall–Kier alpha value is -0.910. The Labute approximate surface area is 86.9 Å². The SMILES string of the molecule is Cc1c(C(F)(F)F)ncc(C(F)F)c1Cl. The summed E-state index contributed by atoms with van der Waals surface area (Å²) in [6, 6.07) is 0. The zero-order chi connectivity index (χ0) is 11.8. The van der Waals surface area contributed by atoms with Gasteiger partial charge in [0.15, 0.2) is 0 Å². The summed E-state index contributed by atoms with van der Waals surface area (Å²) in [6.45, 7) is 1.00. The first-order chi connectivity index (χ1) is 6.75. The van der Waals surface area contributed by atoms with Crippen molar-refractivity contribution >= 4 is 11.6 Å². The van der Waals surface area contributed by atoms with E-state index in [-0.39, 0.29) is 0 Å². The number of hydrogen-bond acceptors (Lipinski definition) is 1. The van der Waals surface area contributed by atoms with Gasteiger partial charge in [0.25, 0.3) is 6.43 Å². The zero-order valence-corrected chi connectivity index (χ0v) is 8.13. The molecule has 0 aliphatic heterocycles. The number of halogens is 6. The monoisotopic (exact) mass is 245 g/mol. The van der Waals surface area contributed by atoms with Crippen LogP contribution >= 0.6 is 11.6 Å². The molecule has 0 unspecified atom stereocenters. The molecule has 0 spiro atoms. The van der Waals surface area contributed by atoms with Crippen LogP contribution in [0.4, 0.5) is 22.0 Å². The van der Waals surface area contributed by atoms with Crippen molar-refractivity contribution in [3.8, 4) is 0 Å². The summed E-state index contributed by atoms with van der Waals surface area (Å²) in [4.78, 5) is 2.94. The Morgan fingerprint density at radius 2 is 1.87 bits per heavy atom. The molecular weight excluding hydrogens is 241 g/mol. The van der Waals surface area contributed by atoms with E-state index in [0.717, 1.165) is 6.92 Å². The second-order valence-electron chi connectivity index (χ2n) is 2.80. The van der Waals surface area contributed by atoms with Crippen LogP contribution in [0.1, 0.15) is 23.2 Å². The van der Waals surface area contributed by atoms with Gasteiger partial charge < -0.3 is 0 Å². The van der Waals surface area contributed by atoms with Crippen molar-refractivity contribution < 1.29 is 22.0 Å². The van der Waals surface area contributed by atoms with E-state index in [1.165, 1.54) is 0 Å². The van der Waals surface area contributed by atoms with Gasteiger partial charge in [-0.1, -0.05) is 11.6 Å². The molecule has 0 atom stereocenters. The van der Waals surface area contributed by atoms with E-state index >= 15 is 0 Å². The van der Waals surface area contributed by atoms with Crippen LogP contribution in [-0.2, 0) is 6.18 Å². The second-order valence-corrected chi connectivity index (χ2v) is 3.18. The van der Waals surface area contributed by atoms with Crippen molar-refractivity contribution in [2.75, 3.05) is 0 Å². The Kier molecular flexibility index (Phi) is 3.18. The number of nitrogens with zero attached hydrogens (tertiary/aromatic N) is 1. The fourth-order valence-corrected chi connectivity index (χ4v) is 1.27. The quantitative estimate of drug-likeness (QED) is 0.682. The van der Waals surface area contributed by atoms with Gasteiger partial charge in [-0.15, -0.1) is 0 Å². The second kappa shape index (κ2) is 3.92. The number of pyridine rings is 1. The van der Waals surface area contributed by atoms with Gasteiger partial charge >= 0.3 is 6.18 Å². The molecule has 0 saturated carbocycles. The Morgan fingerprint density at radius 3 is 2.27 bits per heavy atom. The minimum Gasteiger partial charge on any atom is -0.251 e. The predicted molar refractivity (Wildman–Crippen MR) is 43.9 cm³/mol. The smallest absolute Gasteiger partial charge is 0.251 e. The first-order valence-electron chi connectivity index (χ1n) is 3.75. The molecule has 1 aromatic rings. The van der Waals surface area contributed by atoms with Crippen LogP contribution in [0.15, 0.2) is 6.20 Å². The molecule has 1 heterocycles. The first kappa shape index (κ1) is 12.2. The van der Waals surface area contributed by atoms with Crippen LogP contribution in [0.25, 0.3) is 0 Å². The highest BCUT2D eigenvalue weighted by Gasteiger charge is 2.36. The van der Waals surface area contributed by atoms with Gasteiger partial charge in [0.05, 0.1) is 10.6 Å². The molecule has 84 valence electrons.